The Morgan fingerprint density at radius 2 is 0.420 bits per heavy atom. The third-order valence-electron chi connectivity index (χ3n) is 9.80. The molecule has 0 fully saturated rings. The SMILES string of the molecule is Cc1c(-c2ccc(N=O)cc2)c(C)c(-c2c(C)c(-c3ccc(N=O)cc3)c(C)c(-c3ccc(N=O)cc3)c2C)c(C)c1-c1ccc(N=O)cc1. The Bertz CT molecular complexity index is 1990. The van der Waals surface area contributed by atoms with Crippen molar-refractivity contribution in [1.82, 2.24) is 0 Å². The van der Waals surface area contributed by atoms with Crippen molar-refractivity contribution in [1.29, 1.82) is 0 Å². The smallest absolute Gasteiger partial charge is 0.108 e. The van der Waals surface area contributed by atoms with Gasteiger partial charge in [0.1, 0.15) is 22.7 Å². The highest BCUT2D eigenvalue weighted by atomic mass is 16.3. The molecule has 8 nitrogen and oxygen atoms in total. The summed E-state index contributed by atoms with van der Waals surface area (Å²) >= 11 is 0. The van der Waals surface area contributed by atoms with Crippen molar-refractivity contribution in [3.05, 3.63) is 150 Å². The Morgan fingerprint density at radius 1 is 0.260 bits per heavy atom. The molecule has 0 aliphatic carbocycles. The molecule has 0 aliphatic rings. The number of nitrogens with zero attached hydrogens (tertiary/aromatic N) is 4. The lowest BCUT2D eigenvalue weighted by atomic mass is 9.75. The molecule has 0 saturated carbocycles. The van der Waals surface area contributed by atoms with Crippen LogP contribution in [0.3, 0.4) is 0 Å². The summed E-state index contributed by atoms with van der Waals surface area (Å²) in [4.78, 5) is 45.3. The number of nitroso groups, excluding NO2 is 4. The highest BCUT2D eigenvalue weighted by Gasteiger charge is 2.27. The fourth-order valence-electron chi connectivity index (χ4n) is 7.68. The molecule has 0 radical (unpaired) electrons. The normalized spacial score (nSPS) is 10.9. The molecule has 0 saturated heterocycles. The minimum Gasteiger partial charge on any atom is -0.145 e. The van der Waals surface area contributed by atoms with Crippen LogP contribution in [-0.2, 0) is 0 Å². The largest absolute Gasteiger partial charge is 0.145 e. The molecule has 0 unspecified atom stereocenters. The molecule has 6 aromatic carbocycles. The van der Waals surface area contributed by atoms with Crippen LogP contribution in [0.4, 0.5) is 22.7 Å². The number of benzene rings is 6. The fourth-order valence-corrected chi connectivity index (χ4v) is 7.68. The molecule has 6 rings (SSSR count). The van der Waals surface area contributed by atoms with E-state index in [1.807, 2.05) is 48.5 Å². The molecule has 0 N–H and O–H groups in total. The van der Waals surface area contributed by atoms with Gasteiger partial charge in [-0.2, -0.15) is 0 Å². The van der Waals surface area contributed by atoms with Gasteiger partial charge in [0.2, 0.25) is 0 Å². The van der Waals surface area contributed by atoms with Crippen molar-refractivity contribution >= 4 is 22.7 Å². The van der Waals surface area contributed by atoms with E-state index in [4.69, 9.17) is 0 Å². The second-order valence-electron chi connectivity index (χ2n) is 12.6. The lowest BCUT2D eigenvalue weighted by Crippen LogP contribution is -2.06. The van der Waals surface area contributed by atoms with E-state index in [9.17, 15) is 19.6 Å². The van der Waals surface area contributed by atoms with E-state index >= 15 is 0 Å². The van der Waals surface area contributed by atoms with Gasteiger partial charge in [0.25, 0.3) is 0 Å². The second kappa shape index (κ2) is 13.7. The molecular weight excluding hydrogens is 624 g/mol. The van der Waals surface area contributed by atoms with E-state index in [0.717, 1.165) is 89.0 Å². The highest BCUT2D eigenvalue weighted by molar-refractivity contribution is 5.98. The van der Waals surface area contributed by atoms with Crippen LogP contribution in [0.1, 0.15) is 33.4 Å². The minimum atomic E-state index is 0.347. The Labute approximate surface area is 290 Å². The van der Waals surface area contributed by atoms with E-state index in [2.05, 4.69) is 62.2 Å². The zero-order valence-corrected chi connectivity index (χ0v) is 28.7. The number of hydrogen-bond acceptors (Lipinski definition) is 8. The van der Waals surface area contributed by atoms with Gasteiger partial charge >= 0.3 is 0 Å². The van der Waals surface area contributed by atoms with Crippen LogP contribution in [0.5, 0.6) is 0 Å². The van der Waals surface area contributed by atoms with E-state index in [1.165, 1.54) is 0 Å². The lowest BCUT2D eigenvalue weighted by molar-refractivity contribution is 1.27. The topological polar surface area (TPSA) is 118 Å². The molecule has 0 heterocycles. The molecule has 50 heavy (non-hydrogen) atoms. The Hall–Kier alpha value is -6.28. The molecule has 0 amide bonds. The Kier molecular flexibility index (Phi) is 9.20. The van der Waals surface area contributed by atoms with E-state index < -0.39 is 0 Å². The maximum atomic E-state index is 11.3. The summed E-state index contributed by atoms with van der Waals surface area (Å²) in [6.07, 6.45) is 0. The fraction of sp³-hybridized carbons (Fsp3) is 0.143. The molecule has 0 bridgehead atoms. The van der Waals surface area contributed by atoms with Crippen molar-refractivity contribution in [2.45, 2.75) is 41.5 Å². The van der Waals surface area contributed by atoms with Gasteiger partial charge in [0.05, 0.1) is 0 Å². The van der Waals surface area contributed by atoms with E-state index in [1.54, 1.807) is 48.5 Å². The Balaban J connectivity index is 1.78. The third kappa shape index (κ3) is 5.75. The van der Waals surface area contributed by atoms with Crippen LogP contribution in [0.25, 0.3) is 55.6 Å². The lowest BCUT2D eigenvalue weighted by Gasteiger charge is -2.28. The first-order valence-corrected chi connectivity index (χ1v) is 16.2. The number of hydrogen-bond donors (Lipinski definition) is 0. The van der Waals surface area contributed by atoms with Gasteiger partial charge in [-0.05, 0) is 200 Å². The van der Waals surface area contributed by atoms with Crippen molar-refractivity contribution in [2.75, 3.05) is 0 Å². The van der Waals surface area contributed by atoms with Crippen LogP contribution >= 0.6 is 0 Å². The zero-order valence-electron chi connectivity index (χ0n) is 28.7. The van der Waals surface area contributed by atoms with Gasteiger partial charge in [-0.15, -0.1) is 19.6 Å². The maximum Gasteiger partial charge on any atom is 0.108 e. The van der Waals surface area contributed by atoms with Crippen molar-refractivity contribution in [3.8, 4) is 55.6 Å². The van der Waals surface area contributed by atoms with Crippen LogP contribution in [0.15, 0.2) is 118 Å². The standard InChI is InChI=1S/C42H34N4O4/c1-23-37(29-7-15-33(43-47)16-8-29)25(3)41(26(4)38(23)30-9-17-34(44-48)18-10-30)42-27(5)39(31-11-19-35(45-49)20-12-31)24(2)40(28(42)6)32-13-21-36(46-50)22-14-32/h7-22H,1-6H3. The molecule has 0 atom stereocenters. The summed E-state index contributed by atoms with van der Waals surface area (Å²) in [5.74, 6) is 0. The minimum absolute atomic E-state index is 0.347. The molecular formula is C42H34N4O4. The second-order valence-corrected chi connectivity index (χ2v) is 12.6. The molecule has 0 aromatic heterocycles. The van der Waals surface area contributed by atoms with E-state index in [-0.39, 0.29) is 0 Å². The quantitative estimate of drug-likeness (QED) is 0.144. The van der Waals surface area contributed by atoms with Gasteiger partial charge in [0, 0.05) is 0 Å². The van der Waals surface area contributed by atoms with Gasteiger partial charge in [-0.3, -0.25) is 0 Å². The summed E-state index contributed by atoms with van der Waals surface area (Å²) in [5, 5.41) is 12.4. The summed E-state index contributed by atoms with van der Waals surface area (Å²) in [6.45, 7) is 12.7. The Morgan fingerprint density at radius 3 is 0.580 bits per heavy atom. The van der Waals surface area contributed by atoms with Crippen LogP contribution < -0.4 is 0 Å². The summed E-state index contributed by atoms with van der Waals surface area (Å²) in [5.41, 5.74) is 17.8. The zero-order chi connectivity index (χ0) is 35.7. The summed E-state index contributed by atoms with van der Waals surface area (Å²) in [6, 6.07) is 29.1. The summed E-state index contributed by atoms with van der Waals surface area (Å²) < 4.78 is 0. The molecule has 8 heteroatoms. The highest BCUT2D eigenvalue weighted by Crippen LogP contribution is 2.50. The molecule has 0 spiro atoms. The monoisotopic (exact) mass is 658 g/mol. The van der Waals surface area contributed by atoms with Gasteiger partial charge in [-0.1, -0.05) is 48.5 Å². The average molecular weight is 659 g/mol. The van der Waals surface area contributed by atoms with Gasteiger partial charge in [0.15, 0.2) is 0 Å². The van der Waals surface area contributed by atoms with Crippen molar-refractivity contribution in [3.63, 3.8) is 0 Å². The first-order valence-electron chi connectivity index (χ1n) is 16.2. The van der Waals surface area contributed by atoms with Gasteiger partial charge < -0.3 is 0 Å². The average Bonchev–Trinajstić information content (AvgIpc) is 3.14. The molecule has 246 valence electrons. The third-order valence-corrected chi connectivity index (χ3v) is 9.80. The van der Waals surface area contributed by atoms with Crippen LogP contribution in [-0.4, -0.2) is 0 Å². The maximum absolute atomic E-state index is 11.3. The van der Waals surface area contributed by atoms with Crippen LogP contribution in [0.2, 0.25) is 0 Å². The molecule has 6 aromatic rings. The van der Waals surface area contributed by atoms with Gasteiger partial charge in [-0.25, -0.2) is 0 Å². The van der Waals surface area contributed by atoms with Crippen molar-refractivity contribution in [2.24, 2.45) is 20.7 Å². The van der Waals surface area contributed by atoms with Crippen LogP contribution in [0, 0.1) is 61.2 Å². The predicted octanol–water partition coefficient (Wildman–Crippen LogP) is 13.5. The van der Waals surface area contributed by atoms with Crippen molar-refractivity contribution < 1.29 is 0 Å². The number of rotatable bonds is 9. The summed E-state index contributed by atoms with van der Waals surface area (Å²) in [7, 11) is 0. The first-order chi connectivity index (χ1) is 24.1. The predicted molar refractivity (Wildman–Crippen MR) is 204 cm³/mol. The first kappa shape index (κ1) is 33.6. The molecule has 0 aliphatic heterocycles. The van der Waals surface area contributed by atoms with E-state index in [0.29, 0.717) is 22.7 Å².